The number of hydrogen-bond donors (Lipinski definition) is 2. The number of benzene rings is 1. The van der Waals surface area contributed by atoms with Crippen molar-refractivity contribution in [3.8, 4) is 0 Å². The molecule has 0 aliphatic carbocycles. The van der Waals surface area contributed by atoms with Crippen LogP contribution in [0.15, 0.2) is 40.0 Å². The molecule has 3 rings (SSSR count). The predicted octanol–water partition coefficient (Wildman–Crippen LogP) is 1.19. The van der Waals surface area contributed by atoms with Crippen molar-refractivity contribution >= 4 is 26.9 Å². The largest absolute Gasteiger partial charge is 0.365 e. The minimum atomic E-state index is -3.68. The number of nitrogens with zero attached hydrogens (tertiary/aromatic N) is 3. The van der Waals surface area contributed by atoms with E-state index in [2.05, 4.69) is 20.4 Å². The number of sulfonamides is 1. The van der Waals surface area contributed by atoms with Crippen LogP contribution in [0, 0.1) is 6.92 Å². The molecule has 0 bridgehead atoms. The normalized spacial score (nSPS) is 11.7. The van der Waals surface area contributed by atoms with E-state index in [1.807, 2.05) is 0 Å². The van der Waals surface area contributed by atoms with Crippen LogP contribution >= 0.6 is 0 Å². The van der Waals surface area contributed by atoms with Crippen LogP contribution in [0.5, 0.6) is 0 Å². The van der Waals surface area contributed by atoms with E-state index in [-0.39, 0.29) is 4.90 Å². The van der Waals surface area contributed by atoms with E-state index in [9.17, 15) is 8.42 Å². The highest BCUT2D eigenvalue weighted by atomic mass is 32.2. The van der Waals surface area contributed by atoms with E-state index < -0.39 is 10.0 Å². The van der Waals surface area contributed by atoms with Crippen LogP contribution in [0.2, 0.25) is 0 Å². The summed E-state index contributed by atoms with van der Waals surface area (Å²) in [5.41, 5.74) is 2.00. The van der Waals surface area contributed by atoms with Crippen LogP contribution in [-0.4, -0.2) is 23.5 Å². The maximum Gasteiger partial charge on any atom is 0.263 e. The lowest BCUT2D eigenvalue weighted by molar-refractivity contribution is 0.442. The second-order valence-corrected chi connectivity index (χ2v) is 6.27. The average molecular weight is 319 g/mol. The summed E-state index contributed by atoms with van der Waals surface area (Å²) in [6.07, 6.45) is 1.39. The molecule has 0 aliphatic heterocycles. The van der Waals surface area contributed by atoms with E-state index in [0.29, 0.717) is 23.8 Å². The molecule has 114 valence electrons. The third-order valence-electron chi connectivity index (χ3n) is 3.16. The van der Waals surface area contributed by atoms with Crippen molar-refractivity contribution in [1.82, 2.24) is 15.1 Å². The van der Waals surface area contributed by atoms with Gasteiger partial charge in [-0.15, -0.1) is 0 Å². The summed E-state index contributed by atoms with van der Waals surface area (Å²) in [5, 5.41) is 12.8. The summed E-state index contributed by atoms with van der Waals surface area (Å²) < 4.78 is 27.5. The van der Waals surface area contributed by atoms with E-state index >= 15 is 0 Å². The van der Waals surface area contributed by atoms with Gasteiger partial charge in [0.25, 0.3) is 5.71 Å². The third kappa shape index (κ3) is 2.76. The van der Waals surface area contributed by atoms with E-state index in [4.69, 9.17) is 9.66 Å². The smallest absolute Gasteiger partial charge is 0.263 e. The van der Waals surface area contributed by atoms with Crippen molar-refractivity contribution in [3.05, 3.63) is 41.9 Å². The van der Waals surface area contributed by atoms with Gasteiger partial charge in [0.15, 0.2) is 0 Å². The van der Waals surface area contributed by atoms with Gasteiger partial charge in [0.1, 0.15) is 17.5 Å². The maximum absolute atomic E-state index is 11.2. The first-order valence-electron chi connectivity index (χ1n) is 6.38. The van der Waals surface area contributed by atoms with Gasteiger partial charge in [0.2, 0.25) is 10.0 Å². The number of anilines is 1. The molecule has 0 saturated heterocycles. The monoisotopic (exact) mass is 319 g/mol. The van der Waals surface area contributed by atoms with Gasteiger partial charge in [0.05, 0.1) is 10.6 Å². The number of aryl methyl sites for hydroxylation is 1. The molecule has 0 saturated carbocycles. The van der Waals surface area contributed by atoms with Crippen molar-refractivity contribution < 1.29 is 12.9 Å². The summed E-state index contributed by atoms with van der Waals surface area (Å²) in [7, 11) is -3.68. The van der Waals surface area contributed by atoms with Gasteiger partial charge in [0, 0.05) is 6.54 Å². The second kappa shape index (κ2) is 5.35. The van der Waals surface area contributed by atoms with Crippen molar-refractivity contribution in [2.75, 3.05) is 5.32 Å². The Morgan fingerprint density at radius 2 is 1.95 bits per heavy atom. The Morgan fingerprint density at radius 3 is 2.64 bits per heavy atom. The molecule has 0 spiro atoms. The summed E-state index contributed by atoms with van der Waals surface area (Å²) in [4.78, 5) is 8.25. The van der Waals surface area contributed by atoms with Gasteiger partial charge in [-0.3, -0.25) is 0 Å². The van der Waals surface area contributed by atoms with E-state index in [1.54, 1.807) is 19.1 Å². The van der Waals surface area contributed by atoms with Crippen molar-refractivity contribution in [2.24, 2.45) is 5.14 Å². The molecule has 0 unspecified atom stereocenters. The lowest BCUT2D eigenvalue weighted by Gasteiger charge is -2.07. The van der Waals surface area contributed by atoms with Crippen molar-refractivity contribution in [3.63, 3.8) is 0 Å². The van der Waals surface area contributed by atoms with E-state index in [0.717, 1.165) is 10.9 Å². The van der Waals surface area contributed by atoms with Crippen LogP contribution in [0.3, 0.4) is 0 Å². The Morgan fingerprint density at radius 1 is 1.23 bits per heavy atom. The Bertz CT molecular complexity index is 919. The molecular formula is C13H13N5O3S. The Hall–Kier alpha value is -2.52. The fraction of sp³-hybridized carbons (Fsp3) is 0.154. The first-order chi connectivity index (χ1) is 10.4. The molecule has 2 aromatic heterocycles. The molecule has 0 amide bonds. The van der Waals surface area contributed by atoms with Crippen LogP contribution in [0.4, 0.5) is 5.82 Å². The molecule has 3 aromatic rings. The third-order valence-corrected chi connectivity index (χ3v) is 4.08. The summed E-state index contributed by atoms with van der Waals surface area (Å²) >= 11 is 0. The molecule has 0 radical (unpaired) electrons. The molecule has 9 heteroatoms. The van der Waals surface area contributed by atoms with Gasteiger partial charge in [-0.1, -0.05) is 17.3 Å². The SMILES string of the molecule is Cc1noc2ncnc(NCc3ccc(S(N)(=O)=O)cc3)c12. The Labute approximate surface area is 126 Å². The summed E-state index contributed by atoms with van der Waals surface area (Å²) in [5.74, 6) is 0.610. The van der Waals surface area contributed by atoms with Crippen LogP contribution < -0.4 is 10.5 Å². The van der Waals surface area contributed by atoms with Crippen LogP contribution in [-0.2, 0) is 16.6 Å². The fourth-order valence-electron chi connectivity index (χ4n) is 2.04. The number of aromatic nitrogens is 3. The lowest BCUT2D eigenvalue weighted by atomic mass is 10.2. The highest BCUT2D eigenvalue weighted by Crippen LogP contribution is 2.22. The minimum absolute atomic E-state index is 0.0792. The highest BCUT2D eigenvalue weighted by Gasteiger charge is 2.12. The van der Waals surface area contributed by atoms with Crippen LogP contribution in [0.25, 0.3) is 11.1 Å². The molecule has 2 heterocycles. The number of nitrogens with one attached hydrogen (secondary N) is 1. The second-order valence-electron chi connectivity index (χ2n) is 4.71. The summed E-state index contributed by atoms with van der Waals surface area (Å²) in [6, 6.07) is 6.30. The first-order valence-corrected chi connectivity index (χ1v) is 7.92. The lowest BCUT2D eigenvalue weighted by Crippen LogP contribution is -2.12. The van der Waals surface area contributed by atoms with Gasteiger partial charge in [-0.05, 0) is 24.6 Å². The molecule has 8 nitrogen and oxygen atoms in total. The molecular weight excluding hydrogens is 306 g/mol. The van der Waals surface area contributed by atoms with Crippen molar-refractivity contribution in [1.29, 1.82) is 0 Å². The number of rotatable bonds is 4. The zero-order valence-electron chi connectivity index (χ0n) is 11.6. The average Bonchev–Trinajstić information content (AvgIpc) is 2.87. The van der Waals surface area contributed by atoms with Gasteiger partial charge >= 0.3 is 0 Å². The van der Waals surface area contributed by atoms with Gasteiger partial charge in [-0.2, -0.15) is 4.98 Å². The van der Waals surface area contributed by atoms with Crippen LogP contribution in [0.1, 0.15) is 11.3 Å². The number of primary sulfonamides is 1. The van der Waals surface area contributed by atoms with Gasteiger partial charge < -0.3 is 9.84 Å². The minimum Gasteiger partial charge on any atom is -0.365 e. The maximum atomic E-state index is 11.2. The highest BCUT2D eigenvalue weighted by molar-refractivity contribution is 7.89. The predicted molar refractivity (Wildman–Crippen MR) is 79.5 cm³/mol. The zero-order valence-corrected chi connectivity index (χ0v) is 12.5. The number of fused-ring (bicyclic) bond motifs is 1. The molecule has 3 N–H and O–H groups in total. The molecule has 0 aliphatic rings. The molecule has 0 atom stereocenters. The summed E-state index contributed by atoms with van der Waals surface area (Å²) in [6.45, 7) is 2.27. The Balaban J connectivity index is 1.81. The number of hydrogen-bond acceptors (Lipinski definition) is 7. The standard InChI is InChI=1S/C13H13N5O3S/c1-8-11-12(16-7-17-13(11)21-18-8)15-6-9-2-4-10(5-3-9)22(14,19)20/h2-5,7H,6H2,1H3,(H2,14,19,20)(H,15,16,17). The zero-order chi connectivity index (χ0) is 15.7. The van der Waals surface area contributed by atoms with Crippen molar-refractivity contribution in [2.45, 2.75) is 18.4 Å². The molecule has 0 fully saturated rings. The van der Waals surface area contributed by atoms with E-state index in [1.165, 1.54) is 18.5 Å². The number of nitrogens with two attached hydrogens (primary N) is 1. The Kier molecular flexibility index (Phi) is 3.51. The molecule has 22 heavy (non-hydrogen) atoms. The first kappa shape index (κ1) is 14.4. The molecule has 1 aromatic carbocycles. The fourth-order valence-corrected chi connectivity index (χ4v) is 2.55. The quantitative estimate of drug-likeness (QED) is 0.740. The topological polar surface area (TPSA) is 124 Å². The van der Waals surface area contributed by atoms with Gasteiger partial charge in [-0.25, -0.2) is 18.5 Å².